The Morgan fingerprint density at radius 1 is 1.20 bits per heavy atom. The molecule has 4 aromatic rings. The second-order valence-corrected chi connectivity index (χ2v) is 5.55. The number of hydrogen-bond donors (Lipinski definition) is 1. The van der Waals surface area contributed by atoms with Gasteiger partial charge in [-0.3, -0.25) is 4.40 Å². The fourth-order valence-corrected chi connectivity index (χ4v) is 2.78. The first kappa shape index (κ1) is 15.5. The lowest BCUT2D eigenvalue weighted by molar-refractivity contribution is 0.210. The third-order valence-electron chi connectivity index (χ3n) is 3.99. The molecule has 25 heavy (non-hydrogen) atoms. The molecule has 4 rings (SSSR count). The average molecular weight is 338 g/mol. The van der Waals surface area contributed by atoms with Crippen molar-refractivity contribution in [3.63, 3.8) is 0 Å². The summed E-state index contributed by atoms with van der Waals surface area (Å²) in [5.74, 6) is 2.30. The Hall–Kier alpha value is -3.06. The van der Waals surface area contributed by atoms with Gasteiger partial charge in [-0.15, -0.1) is 0 Å². The van der Waals surface area contributed by atoms with Crippen LogP contribution in [-0.2, 0) is 4.74 Å². The number of methoxy groups -OCH3 is 2. The van der Waals surface area contributed by atoms with Crippen LogP contribution in [0, 0.1) is 0 Å². The Labute approximate surface area is 144 Å². The van der Waals surface area contributed by atoms with Gasteiger partial charge >= 0.3 is 0 Å². The minimum Gasteiger partial charge on any atom is -0.497 e. The maximum Gasteiger partial charge on any atom is 0.157 e. The highest BCUT2D eigenvalue weighted by Crippen LogP contribution is 2.34. The molecule has 0 aliphatic heterocycles. The molecule has 3 heterocycles. The van der Waals surface area contributed by atoms with E-state index in [4.69, 9.17) is 18.9 Å². The van der Waals surface area contributed by atoms with Crippen LogP contribution in [-0.4, -0.2) is 41.7 Å². The molecule has 1 N–H and O–H groups in total. The number of imidazole rings is 1. The molecule has 0 unspecified atom stereocenters. The van der Waals surface area contributed by atoms with Gasteiger partial charge in [-0.25, -0.2) is 9.97 Å². The number of furan rings is 1. The lowest BCUT2D eigenvalue weighted by atomic mass is 10.2. The zero-order chi connectivity index (χ0) is 17.2. The number of hydrogen-bond acceptors (Lipinski definition) is 6. The molecule has 0 saturated carbocycles. The van der Waals surface area contributed by atoms with Gasteiger partial charge in [0.25, 0.3) is 0 Å². The zero-order valence-corrected chi connectivity index (χ0v) is 14.0. The van der Waals surface area contributed by atoms with Crippen LogP contribution in [0.4, 0.5) is 5.82 Å². The number of nitrogens with one attached hydrogen (secondary N) is 1. The Morgan fingerprint density at radius 3 is 2.96 bits per heavy atom. The Morgan fingerprint density at radius 2 is 2.12 bits per heavy atom. The summed E-state index contributed by atoms with van der Waals surface area (Å²) in [5.41, 5.74) is 2.32. The van der Waals surface area contributed by atoms with Crippen LogP contribution in [0.2, 0.25) is 0 Å². The molecule has 0 amide bonds. The van der Waals surface area contributed by atoms with Crippen molar-refractivity contribution in [2.75, 3.05) is 32.7 Å². The molecule has 0 spiro atoms. The van der Waals surface area contributed by atoms with Crippen LogP contribution >= 0.6 is 0 Å². The van der Waals surface area contributed by atoms with Gasteiger partial charge in [0, 0.05) is 25.2 Å². The zero-order valence-electron chi connectivity index (χ0n) is 14.0. The molecular formula is C18H18N4O3. The molecule has 128 valence electrons. The van der Waals surface area contributed by atoms with Crippen LogP contribution in [0.5, 0.6) is 5.75 Å². The number of benzene rings is 1. The molecule has 0 bridgehead atoms. The van der Waals surface area contributed by atoms with E-state index in [1.165, 1.54) is 0 Å². The summed E-state index contributed by atoms with van der Waals surface area (Å²) in [6.07, 6.45) is 3.45. The largest absolute Gasteiger partial charge is 0.497 e. The van der Waals surface area contributed by atoms with Gasteiger partial charge in [0.05, 0.1) is 13.7 Å². The topological polar surface area (TPSA) is 73.8 Å². The van der Waals surface area contributed by atoms with Crippen molar-refractivity contribution in [3.8, 4) is 17.2 Å². The maximum absolute atomic E-state index is 6.01. The molecule has 7 heteroatoms. The minimum absolute atomic E-state index is 0.588. The summed E-state index contributed by atoms with van der Waals surface area (Å²) in [6.45, 7) is 1.24. The minimum atomic E-state index is 0.588. The number of nitrogens with zero attached hydrogens (tertiary/aromatic N) is 3. The van der Waals surface area contributed by atoms with Crippen molar-refractivity contribution in [2.45, 2.75) is 0 Å². The van der Waals surface area contributed by atoms with E-state index in [0.717, 1.165) is 33.9 Å². The van der Waals surface area contributed by atoms with Crippen LogP contribution in [0.1, 0.15) is 0 Å². The second kappa shape index (κ2) is 6.45. The normalized spacial score (nSPS) is 11.3. The highest BCUT2D eigenvalue weighted by atomic mass is 16.5. The molecule has 0 aliphatic carbocycles. The third-order valence-corrected chi connectivity index (χ3v) is 3.99. The van der Waals surface area contributed by atoms with Gasteiger partial charge < -0.3 is 19.2 Å². The van der Waals surface area contributed by atoms with Crippen molar-refractivity contribution < 1.29 is 13.9 Å². The van der Waals surface area contributed by atoms with Crippen molar-refractivity contribution in [1.29, 1.82) is 0 Å². The quantitative estimate of drug-likeness (QED) is 0.544. The smallest absolute Gasteiger partial charge is 0.157 e. The van der Waals surface area contributed by atoms with E-state index >= 15 is 0 Å². The van der Waals surface area contributed by atoms with Gasteiger partial charge in [-0.05, 0) is 30.3 Å². The van der Waals surface area contributed by atoms with Crippen LogP contribution in [0.3, 0.4) is 0 Å². The summed E-state index contributed by atoms with van der Waals surface area (Å²) in [5, 5.41) is 4.32. The van der Waals surface area contributed by atoms with Crippen molar-refractivity contribution in [2.24, 2.45) is 0 Å². The molecule has 0 fully saturated rings. The Bertz CT molecular complexity index is 1020. The van der Waals surface area contributed by atoms with Gasteiger partial charge in [0.1, 0.15) is 34.8 Å². The number of fused-ring (bicyclic) bond motifs is 2. The molecule has 1 aromatic carbocycles. The second-order valence-electron chi connectivity index (χ2n) is 5.55. The van der Waals surface area contributed by atoms with Gasteiger partial charge in [-0.1, -0.05) is 0 Å². The first-order valence-corrected chi connectivity index (χ1v) is 7.93. The number of rotatable bonds is 6. The van der Waals surface area contributed by atoms with Gasteiger partial charge in [0.15, 0.2) is 5.76 Å². The monoisotopic (exact) mass is 338 g/mol. The molecular weight excluding hydrogens is 320 g/mol. The molecule has 0 saturated heterocycles. The number of ether oxygens (including phenoxy) is 2. The third kappa shape index (κ3) is 2.78. The number of anilines is 1. The predicted molar refractivity (Wildman–Crippen MR) is 95.1 cm³/mol. The fourth-order valence-electron chi connectivity index (χ4n) is 2.78. The molecule has 0 atom stereocenters. The summed E-state index contributed by atoms with van der Waals surface area (Å²) in [4.78, 5) is 8.87. The Balaban J connectivity index is 1.83. The van der Waals surface area contributed by atoms with Crippen LogP contribution < -0.4 is 10.1 Å². The summed E-state index contributed by atoms with van der Waals surface area (Å²) >= 11 is 0. The fraction of sp³-hybridized carbons (Fsp3) is 0.222. The molecule has 0 radical (unpaired) electrons. The first-order chi connectivity index (χ1) is 12.3. The lowest BCUT2D eigenvalue weighted by Gasteiger charge is -2.06. The summed E-state index contributed by atoms with van der Waals surface area (Å²) < 4.78 is 18.3. The molecule has 0 aliphatic rings. The van der Waals surface area contributed by atoms with E-state index in [-0.39, 0.29) is 0 Å². The Kier molecular flexibility index (Phi) is 3.99. The van der Waals surface area contributed by atoms with Gasteiger partial charge in [0.2, 0.25) is 0 Å². The maximum atomic E-state index is 6.01. The summed E-state index contributed by atoms with van der Waals surface area (Å²) in [7, 11) is 3.32. The first-order valence-electron chi connectivity index (χ1n) is 7.93. The van der Waals surface area contributed by atoms with Crippen LogP contribution in [0.25, 0.3) is 28.1 Å². The van der Waals surface area contributed by atoms with Crippen molar-refractivity contribution in [1.82, 2.24) is 14.4 Å². The van der Waals surface area contributed by atoms with Crippen molar-refractivity contribution in [3.05, 3.63) is 42.9 Å². The SMILES string of the molecule is COCCNc1c(-c2cc3cc(OC)ccc3o2)nc2ccncn12. The predicted octanol–water partition coefficient (Wildman–Crippen LogP) is 3.21. The molecule has 7 nitrogen and oxygen atoms in total. The van der Waals surface area contributed by atoms with Gasteiger partial charge in [-0.2, -0.15) is 0 Å². The summed E-state index contributed by atoms with van der Waals surface area (Å²) in [6, 6.07) is 9.54. The highest BCUT2D eigenvalue weighted by molar-refractivity contribution is 5.86. The molecule has 3 aromatic heterocycles. The van der Waals surface area contributed by atoms with E-state index in [1.807, 2.05) is 34.7 Å². The lowest BCUT2D eigenvalue weighted by Crippen LogP contribution is -2.10. The average Bonchev–Trinajstić information content (AvgIpc) is 3.22. The van der Waals surface area contributed by atoms with Crippen molar-refractivity contribution >= 4 is 22.4 Å². The van der Waals surface area contributed by atoms with E-state index in [2.05, 4.69) is 10.3 Å². The number of aromatic nitrogens is 3. The highest BCUT2D eigenvalue weighted by Gasteiger charge is 2.18. The van der Waals surface area contributed by atoms with E-state index < -0.39 is 0 Å². The standard InChI is InChI=1S/C18H18N4O3/c1-23-8-7-20-18-17(21-16-5-6-19-11-22(16)18)15-10-12-9-13(24-2)3-4-14(12)25-15/h3-6,9-11,20H,7-8H2,1-2H3. The van der Waals surface area contributed by atoms with E-state index in [1.54, 1.807) is 26.7 Å². The van der Waals surface area contributed by atoms with E-state index in [9.17, 15) is 0 Å². The van der Waals surface area contributed by atoms with Crippen LogP contribution in [0.15, 0.2) is 47.3 Å². The van der Waals surface area contributed by atoms with E-state index in [0.29, 0.717) is 18.9 Å².